The van der Waals surface area contributed by atoms with Gasteiger partial charge in [-0.15, -0.1) is 0 Å². The van der Waals surface area contributed by atoms with Gasteiger partial charge in [0, 0.05) is 12.1 Å². The van der Waals surface area contributed by atoms with Crippen LogP contribution in [0.5, 0.6) is 5.75 Å². The van der Waals surface area contributed by atoms with E-state index in [2.05, 4.69) is 0 Å². The van der Waals surface area contributed by atoms with Crippen molar-refractivity contribution in [2.45, 2.75) is 0 Å². The highest BCUT2D eigenvalue weighted by atomic mass is 19.1. The fourth-order valence-corrected chi connectivity index (χ4v) is 1.12. The van der Waals surface area contributed by atoms with Crippen molar-refractivity contribution in [3.63, 3.8) is 0 Å². The largest absolute Gasteiger partial charge is 0.489 e. The van der Waals surface area contributed by atoms with E-state index in [-0.39, 0.29) is 11.6 Å². The minimum atomic E-state index is -0.494. The molecule has 1 aromatic carbocycles. The highest BCUT2D eigenvalue weighted by Crippen LogP contribution is 2.17. The number of benzene rings is 1. The number of amidine groups is 1. The summed E-state index contributed by atoms with van der Waals surface area (Å²) >= 11 is 0. The molecule has 0 atom stereocenters. The quantitative estimate of drug-likeness (QED) is 0.581. The monoisotopic (exact) mass is 225 g/mol. The number of hydrogen-bond donors (Lipinski definition) is 2. The van der Waals surface area contributed by atoms with Gasteiger partial charge in [-0.1, -0.05) is 0 Å². The lowest BCUT2D eigenvalue weighted by atomic mass is 10.2. The van der Waals surface area contributed by atoms with E-state index in [1.165, 1.54) is 12.1 Å². The minimum absolute atomic E-state index is 0.154. The maximum atomic E-state index is 13.4. The topological polar surface area (TPSA) is 62.3 Å². The predicted molar refractivity (Wildman–Crippen MR) is 61.5 cm³/mol. The van der Waals surface area contributed by atoms with Gasteiger partial charge in [0.2, 0.25) is 0 Å². The lowest BCUT2D eigenvalue weighted by molar-refractivity contribution is 0.252. The van der Waals surface area contributed by atoms with E-state index in [9.17, 15) is 4.39 Å². The Morgan fingerprint density at radius 3 is 2.69 bits per heavy atom. The number of hydrogen-bond acceptors (Lipinski definition) is 3. The molecule has 0 aromatic heterocycles. The van der Waals surface area contributed by atoms with Gasteiger partial charge in [0.15, 0.2) is 11.6 Å². The molecule has 0 radical (unpaired) electrons. The Hall–Kier alpha value is -1.62. The molecule has 1 rings (SSSR count). The zero-order valence-corrected chi connectivity index (χ0v) is 9.46. The van der Waals surface area contributed by atoms with Crippen molar-refractivity contribution in [2.24, 2.45) is 5.73 Å². The molecule has 0 unspecified atom stereocenters. The maximum Gasteiger partial charge on any atom is 0.165 e. The van der Waals surface area contributed by atoms with Gasteiger partial charge < -0.3 is 15.4 Å². The highest BCUT2D eigenvalue weighted by Gasteiger charge is 2.06. The molecule has 88 valence electrons. The molecule has 5 heteroatoms. The second-order valence-electron chi connectivity index (χ2n) is 3.71. The molecule has 0 saturated carbocycles. The average molecular weight is 225 g/mol. The first-order valence-corrected chi connectivity index (χ1v) is 4.92. The smallest absolute Gasteiger partial charge is 0.165 e. The summed E-state index contributed by atoms with van der Waals surface area (Å²) in [7, 11) is 3.83. The van der Waals surface area contributed by atoms with Crippen molar-refractivity contribution < 1.29 is 9.13 Å². The van der Waals surface area contributed by atoms with Gasteiger partial charge in [0.25, 0.3) is 0 Å². The standard InChI is InChI=1S/C11H16FN3O/c1-15(2)5-6-16-10-4-3-8(11(13)14)7-9(10)12/h3-4,7H,5-6H2,1-2H3,(H3,13,14). The van der Waals surface area contributed by atoms with Gasteiger partial charge in [-0.25, -0.2) is 4.39 Å². The second-order valence-corrected chi connectivity index (χ2v) is 3.71. The number of nitrogens with one attached hydrogen (secondary N) is 1. The summed E-state index contributed by atoms with van der Waals surface area (Å²) in [5.41, 5.74) is 5.60. The van der Waals surface area contributed by atoms with E-state index in [1.807, 2.05) is 19.0 Å². The van der Waals surface area contributed by atoms with Gasteiger partial charge in [0.1, 0.15) is 12.4 Å². The molecule has 0 aliphatic carbocycles. The van der Waals surface area contributed by atoms with Crippen LogP contribution < -0.4 is 10.5 Å². The van der Waals surface area contributed by atoms with Crippen molar-refractivity contribution >= 4 is 5.84 Å². The summed E-state index contributed by atoms with van der Waals surface area (Å²) in [5.74, 6) is -0.461. The van der Waals surface area contributed by atoms with Gasteiger partial charge in [0.05, 0.1) is 0 Å². The zero-order chi connectivity index (χ0) is 12.1. The van der Waals surface area contributed by atoms with E-state index < -0.39 is 5.82 Å². The zero-order valence-electron chi connectivity index (χ0n) is 9.46. The van der Waals surface area contributed by atoms with Gasteiger partial charge in [-0.3, -0.25) is 5.41 Å². The molecule has 1 aromatic rings. The SMILES string of the molecule is CN(C)CCOc1ccc(C(=N)N)cc1F. The van der Waals surface area contributed by atoms with Crippen molar-refractivity contribution in [3.05, 3.63) is 29.6 Å². The van der Waals surface area contributed by atoms with Crippen LogP contribution in [-0.4, -0.2) is 38.0 Å². The molecule has 0 aliphatic rings. The molecule has 0 heterocycles. The van der Waals surface area contributed by atoms with Crippen molar-refractivity contribution in [3.8, 4) is 5.75 Å². The number of ether oxygens (including phenoxy) is 1. The average Bonchev–Trinajstić information content (AvgIpc) is 2.19. The van der Waals surface area contributed by atoms with Crippen LogP contribution in [0.15, 0.2) is 18.2 Å². The molecule has 0 amide bonds. The van der Waals surface area contributed by atoms with Crippen LogP contribution in [0.2, 0.25) is 0 Å². The van der Waals surface area contributed by atoms with E-state index in [4.69, 9.17) is 15.9 Å². The normalized spacial score (nSPS) is 10.5. The molecule has 0 bridgehead atoms. The third-order valence-corrected chi connectivity index (χ3v) is 2.04. The fourth-order valence-electron chi connectivity index (χ4n) is 1.12. The number of nitrogens with zero attached hydrogens (tertiary/aromatic N) is 1. The number of nitrogens with two attached hydrogens (primary N) is 1. The summed E-state index contributed by atoms with van der Waals surface area (Å²) in [6.45, 7) is 1.14. The third kappa shape index (κ3) is 3.51. The summed E-state index contributed by atoms with van der Waals surface area (Å²) in [6, 6.07) is 4.26. The van der Waals surface area contributed by atoms with Crippen molar-refractivity contribution in [1.82, 2.24) is 4.90 Å². The molecule has 0 aliphatic heterocycles. The van der Waals surface area contributed by atoms with E-state index in [0.717, 1.165) is 0 Å². The Morgan fingerprint density at radius 1 is 1.50 bits per heavy atom. The van der Waals surface area contributed by atoms with Crippen LogP contribution in [0.3, 0.4) is 0 Å². The minimum Gasteiger partial charge on any atom is -0.489 e. The van der Waals surface area contributed by atoms with E-state index in [0.29, 0.717) is 18.7 Å². The second kappa shape index (κ2) is 5.46. The Balaban J connectivity index is 2.64. The van der Waals surface area contributed by atoms with E-state index in [1.54, 1.807) is 6.07 Å². The van der Waals surface area contributed by atoms with Gasteiger partial charge in [-0.05, 0) is 32.3 Å². The summed E-state index contributed by atoms with van der Waals surface area (Å²) < 4.78 is 18.7. The molecule has 0 spiro atoms. The van der Waals surface area contributed by atoms with Crippen LogP contribution in [0.1, 0.15) is 5.56 Å². The highest BCUT2D eigenvalue weighted by molar-refractivity contribution is 5.95. The van der Waals surface area contributed by atoms with Gasteiger partial charge >= 0.3 is 0 Å². The number of halogens is 1. The maximum absolute atomic E-state index is 13.4. The Labute approximate surface area is 94.3 Å². The lowest BCUT2D eigenvalue weighted by Gasteiger charge is -2.11. The van der Waals surface area contributed by atoms with Crippen LogP contribution in [0, 0.1) is 11.2 Å². The number of rotatable bonds is 5. The third-order valence-electron chi connectivity index (χ3n) is 2.04. The first kappa shape index (κ1) is 12.4. The lowest BCUT2D eigenvalue weighted by Crippen LogP contribution is -2.19. The molecule has 0 saturated heterocycles. The Bertz CT molecular complexity index is 379. The Kier molecular flexibility index (Phi) is 4.25. The van der Waals surface area contributed by atoms with E-state index >= 15 is 0 Å². The van der Waals surface area contributed by atoms with Crippen LogP contribution in [0.25, 0.3) is 0 Å². The number of nitrogen functional groups attached to an aromatic ring is 1. The Morgan fingerprint density at radius 2 is 2.19 bits per heavy atom. The van der Waals surface area contributed by atoms with Crippen molar-refractivity contribution in [2.75, 3.05) is 27.2 Å². The first-order valence-electron chi connectivity index (χ1n) is 4.92. The summed E-state index contributed by atoms with van der Waals surface area (Å²) in [5, 5.41) is 7.16. The number of likely N-dealkylation sites (N-methyl/N-ethyl adjacent to an activating group) is 1. The summed E-state index contributed by atoms with van der Waals surface area (Å²) in [6.07, 6.45) is 0. The summed E-state index contributed by atoms with van der Waals surface area (Å²) in [4.78, 5) is 1.95. The van der Waals surface area contributed by atoms with Crippen LogP contribution in [-0.2, 0) is 0 Å². The van der Waals surface area contributed by atoms with Crippen LogP contribution in [0.4, 0.5) is 4.39 Å². The van der Waals surface area contributed by atoms with Crippen molar-refractivity contribution in [1.29, 1.82) is 5.41 Å². The molecule has 4 nitrogen and oxygen atoms in total. The molecule has 3 N–H and O–H groups in total. The fraction of sp³-hybridized carbons (Fsp3) is 0.364. The van der Waals surface area contributed by atoms with Gasteiger partial charge in [-0.2, -0.15) is 0 Å². The molecule has 0 fully saturated rings. The molecule has 16 heavy (non-hydrogen) atoms. The first-order chi connectivity index (χ1) is 7.50. The van der Waals surface area contributed by atoms with Crippen LogP contribution >= 0.6 is 0 Å². The predicted octanol–water partition coefficient (Wildman–Crippen LogP) is 1.05. The molecular weight excluding hydrogens is 209 g/mol. The molecular formula is C11H16FN3O.